The van der Waals surface area contributed by atoms with E-state index in [1.807, 2.05) is 13.8 Å². The monoisotopic (exact) mass is 517 g/mol. The number of aliphatic hydroxyl groups is 1. The molecule has 0 aromatic heterocycles. The zero-order valence-corrected chi connectivity index (χ0v) is 21.1. The molecule has 3 aliphatic heterocycles. The zero-order chi connectivity index (χ0) is 22.8. The Morgan fingerprint density at radius 3 is 2.68 bits per heavy atom. The second-order valence-electron chi connectivity index (χ2n) is 9.12. The lowest BCUT2D eigenvalue weighted by Crippen LogP contribution is -2.56. The third kappa shape index (κ3) is 4.51. The first-order valence-electron chi connectivity index (χ1n) is 11.6. The second kappa shape index (κ2) is 10.4. The number of fused-ring (bicyclic) bond motifs is 1. The highest BCUT2D eigenvalue weighted by molar-refractivity contribution is 9.09. The summed E-state index contributed by atoms with van der Waals surface area (Å²) in [5.74, 6) is -1.15. The lowest BCUT2D eigenvalue weighted by molar-refractivity contribution is -0.140. The Hall–Kier alpha value is -0.800. The minimum Gasteiger partial charge on any atom is -0.396 e. The molecule has 3 fully saturated rings. The highest BCUT2D eigenvalue weighted by atomic mass is 79.9. The first kappa shape index (κ1) is 24.8. The lowest BCUT2D eigenvalue weighted by atomic mass is 9.70. The van der Waals surface area contributed by atoms with E-state index in [1.54, 1.807) is 16.7 Å². The average Bonchev–Trinajstić information content (AvgIpc) is 3.30. The van der Waals surface area contributed by atoms with Gasteiger partial charge in [0.2, 0.25) is 17.7 Å². The summed E-state index contributed by atoms with van der Waals surface area (Å²) in [6.07, 6.45) is 4.61. The smallest absolute Gasteiger partial charge is 0.244 e. The van der Waals surface area contributed by atoms with Crippen LogP contribution in [0.3, 0.4) is 0 Å². The fourth-order valence-electron chi connectivity index (χ4n) is 5.56. The van der Waals surface area contributed by atoms with Gasteiger partial charge < -0.3 is 20.6 Å². The van der Waals surface area contributed by atoms with Crippen LogP contribution < -0.4 is 10.6 Å². The van der Waals surface area contributed by atoms with E-state index in [0.717, 1.165) is 19.3 Å². The summed E-state index contributed by atoms with van der Waals surface area (Å²) in [6, 6.07) is -0.545. The Bertz CT molecular complexity index is 696. The Morgan fingerprint density at radius 2 is 2.03 bits per heavy atom. The number of thioether (sulfide) groups is 1. The van der Waals surface area contributed by atoms with Crippen LogP contribution in [0.1, 0.15) is 59.3 Å². The highest BCUT2D eigenvalue weighted by Gasteiger charge is 2.75. The van der Waals surface area contributed by atoms with Gasteiger partial charge in [-0.15, -0.1) is 11.8 Å². The van der Waals surface area contributed by atoms with Crippen molar-refractivity contribution in [1.29, 1.82) is 0 Å². The van der Waals surface area contributed by atoms with Gasteiger partial charge in [-0.1, -0.05) is 36.2 Å². The van der Waals surface area contributed by atoms with Crippen molar-refractivity contribution in [1.82, 2.24) is 15.5 Å². The van der Waals surface area contributed by atoms with Crippen molar-refractivity contribution in [2.24, 2.45) is 11.8 Å². The van der Waals surface area contributed by atoms with Gasteiger partial charge in [0.15, 0.2) is 0 Å². The quantitative estimate of drug-likeness (QED) is 0.287. The van der Waals surface area contributed by atoms with Gasteiger partial charge in [0.1, 0.15) is 6.04 Å². The van der Waals surface area contributed by atoms with Crippen molar-refractivity contribution in [2.75, 3.05) is 19.7 Å². The van der Waals surface area contributed by atoms with Gasteiger partial charge in [0, 0.05) is 35.8 Å². The van der Waals surface area contributed by atoms with Gasteiger partial charge in [-0.3, -0.25) is 14.4 Å². The molecule has 0 saturated carbocycles. The number of likely N-dealkylation sites (tertiary alicyclic amines) is 1. The molecule has 3 heterocycles. The number of carbonyl (C=O) groups excluding carboxylic acids is 3. The third-order valence-electron chi connectivity index (χ3n) is 6.81. The van der Waals surface area contributed by atoms with Crippen molar-refractivity contribution in [3.8, 4) is 0 Å². The summed E-state index contributed by atoms with van der Waals surface area (Å²) in [7, 11) is 0. The first-order valence-corrected chi connectivity index (χ1v) is 13.4. The van der Waals surface area contributed by atoms with E-state index in [0.29, 0.717) is 32.4 Å². The molecule has 2 bridgehead atoms. The van der Waals surface area contributed by atoms with Gasteiger partial charge in [-0.25, -0.2) is 0 Å². The van der Waals surface area contributed by atoms with Gasteiger partial charge >= 0.3 is 0 Å². The van der Waals surface area contributed by atoms with Crippen molar-refractivity contribution >= 4 is 45.4 Å². The summed E-state index contributed by atoms with van der Waals surface area (Å²) >= 11 is 5.43. The van der Waals surface area contributed by atoms with Crippen molar-refractivity contribution in [3.63, 3.8) is 0 Å². The van der Waals surface area contributed by atoms with Crippen LogP contribution in [-0.4, -0.2) is 74.3 Å². The van der Waals surface area contributed by atoms with Crippen LogP contribution in [0.5, 0.6) is 0 Å². The van der Waals surface area contributed by atoms with Gasteiger partial charge in [0.25, 0.3) is 0 Å². The minimum absolute atomic E-state index is 0.00577. The molecule has 3 amide bonds. The summed E-state index contributed by atoms with van der Waals surface area (Å²) in [6.45, 7) is 7.17. The number of nitrogens with one attached hydrogen (secondary N) is 2. The third-order valence-corrected chi connectivity index (χ3v) is 10.0. The number of hydrogen-bond acceptors (Lipinski definition) is 5. The van der Waals surface area contributed by atoms with E-state index in [9.17, 15) is 19.5 Å². The molecule has 0 aromatic rings. The predicted octanol–water partition coefficient (Wildman–Crippen LogP) is 2.05. The molecule has 7 atom stereocenters. The number of unbranched alkanes of at least 4 members (excludes halogenated alkanes) is 1. The number of halogens is 1. The van der Waals surface area contributed by atoms with E-state index in [4.69, 9.17) is 0 Å². The fraction of sp³-hybridized carbons (Fsp3) is 0.864. The van der Waals surface area contributed by atoms with Gasteiger partial charge in [0.05, 0.1) is 16.6 Å². The number of rotatable bonds is 11. The van der Waals surface area contributed by atoms with Crippen molar-refractivity contribution < 1.29 is 19.5 Å². The molecule has 31 heavy (non-hydrogen) atoms. The van der Waals surface area contributed by atoms with Crippen LogP contribution in [0.25, 0.3) is 0 Å². The number of aliphatic hydroxyl groups excluding tert-OH is 1. The Labute approximate surface area is 198 Å². The van der Waals surface area contributed by atoms with Gasteiger partial charge in [-0.05, 0) is 39.0 Å². The van der Waals surface area contributed by atoms with Crippen LogP contribution in [-0.2, 0) is 14.4 Å². The number of alkyl halides is 1. The molecule has 3 rings (SSSR count). The molecule has 7 nitrogen and oxygen atoms in total. The average molecular weight is 519 g/mol. The molecule has 3 aliphatic rings. The Kier molecular flexibility index (Phi) is 8.35. The lowest BCUT2D eigenvalue weighted by Gasteiger charge is -2.36. The summed E-state index contributed by atoms with van der Waals surface area (Å²) < 4.78 is -0.584. The maximum absolute atomic E-state index is 13.7. The number of carbonyl (C=O) groups is 3. The molecule has 9 heteroatoms. The maximum Gasteiger partial charge on any atom is 0.244 e. The van der Waals surface area contributed by atoms with E-state index >= 15 is 0 Å². The molecular formula is C22H36BrN3O4S. The van der Waals surface area contributed by atoms with E-state index < -0.39 is 22.6 Å². The summed E-state index contributed by atoms with van der Waals surface area (Å²) in [4.78, 5) is 42.1. The molecule has 0 aromatic carbocycles. The normalized spacial score (nSPS) is 34.7. The largest absolute Gasteiger partial charge is 0.396 e. The molecule has 1 spiro atoms. The highest BCUT2D eigenvalue weighted by Crippen LogP contribution is 2.67. The second-order valence-corrected chi connectivity index (χ2v) is 11.8. The molecule has 0 radical (unpaired) electrons. The minimum atomic E-state index is -0.584. The van der Waals surface area contributed by atoms with Crippen LogP contribution in [0, 0.1) is 11.8 Å². The van der Waals surface area contributed by atoms with E-state index in [1.165, 1.54) is 0 Å². The Morgan fingerprint density at radius 1 is 1.29 bits per heavy atom. The van der Waals surface area contributed by atoms with E-state index in [-0.39, 0.29) is 40.4 Å². The van der Waals surface area contributed by atoms with Crippen LogP contribution >= 0.6 is 27.7 Å². The molecule has 0 aliphatic carbocycles. The molecule has 4 unspecified atom stereocenters. The molecular weight excluding hydrogens is 482 g/mol. The van der Waals surface area contributed by atoms with Gasteiger partial charge in [-0.2, -0.15) is 0 Å². The standard InChI is InChI=1S/C22H36BrN3O4S/c1-4-8-13(3)25-20(29)18-22-12-14(23)17(31-22)15(19(28)24-9-5-2)16(22)21(30)26(18)10-6-7-11-27/h13-18,27H,4-12H2,1-3H3,(H,24,28)(H,25,29)/t13?,14?,15-,16-,17-,18?,22?/m0/s1. The fourth-order valence-corrected chi connectivity index (χ4v) is 9.17. The predicted molar refractivity (Wildman–Crippen MR) is 126 cm³/mol. The molecule has 176 valence electrons. The SMILES string of the molecule is CCCNC(=O)[C@H]1[C@H]2C(=O)N(CCCCO)C(C(=O)NC(C)CCC)C23CC(Br)[C@@H]1S3. The van der Waals surface area contributed by atoms with Crippen LogP contribution in [0.4, 0.5) is 0 Å². The van der Waals surface area contributed by atoms with Crippen LogP contribution in [0.2, 0.25) is 0 Å². The zero-order valence-electron chi connectivity index (χ0n) is 18.7. The maximum atomic E-state index is 13.7. The van der Waals surface area contributed by atoms with Crippen LogP contribution in [0.15, 0.2) is 0 Å². The van der Waals surface area contributed by atoms with Crippen molar-refractivity contribution in [3.05, 3.63) is 0 Å². The van der Waals surface area contributed by atoms with Crippen molar-refractivity contribution in [2.45, 2.75) is 86.2 Å². The number of nitrogens with zero attached hydrogens (tertiary/aromatic N) is 1. The van der Waals surface area contributed by atoms with E-state index in [2.05, 4.69) is 33.5 Å². The topological polar surface area (TPSA) is 98.7 Å². The Balaban J connectivity index is 1.93. The number of hydrogen-bond donors (Lipinski definition) is 3. The summed E-state index contributed by atoms with van der Waals surface area (Å²) in [5, 5.41) is 15.3. The molecule has 3 saturated heterocycles. The molecule has 3 N–H and O–H groups in total. The summed E-state index contributed by atoms with van der Waals surface area (Å²) in [5.41, 5.74) is 0. The first-order chi connectivity index (χ1) is 14.8. The number of amides is 3.